The van der Waals surface area contributed by atoms with Crippen molar-refractivity contribution in [2.45, 2.75) is 25.6 Å². The van der Waals surface area contributed by atoms with Crippen LogP contribution >= 0.6 is 0 Å². The lowest BCUT2D eigenvalue weighted by Crippen LogP contribution is -2.53. The van der Waals surface area contributed by atoms with Crippen molar-refractivity contribution in [3.05, 3.63) is 95.4 Å². The highest BCUT2D eigenvalue weighted by molar-refractivity contribution is 5.96. The summed E-state index contributed by atoms with van der Waals surface area (Å²) >= 11 is 0. The van der Waals surface area contributed by atoms with Crippen LogP contribution in [0.15, 0.2) is 77.4 Å². The Hall–Kier alpha value is -3.38. The molecule has 1 N–H and O–H groups in total. The zero-order chi connectivity index (χ0) is 20.9. The van der Waals surface area contributed by atoms with Crippen molar-refractivity contribution in [3.8, 4) is 0 Å². The summed E-state index contributed by atoms with van der Waals surface area (Å²) < 4.78 is 5.31. The number of benzene rings is 2. The molecule has 1 atom stereocenters. The minimum absolute atomic E-state index is 0.145. The number of carbonyl (C=O) groups is 2. The van der Waals surface area contributed by atoms with Crippen LogP contribution in [0, 0.1) is 0 Å². The van der Waals surface area contributed by atoms with Gasteiger partial charge in [0.25, 0.3) is 5.91 Å². The number of carbonyl (C=O) groups excluding carboxylic acids is 2. The van der Waals surface area contributed by atoms with Crippen LogP contribution in [-0.4, -0.2) is 45.9 Å². The Balaban J connectivity index is 1.65. The predicted octanol–water partition coefficient (Wildman–Crippen LogP) is 2.87. The highest BCUT2D eigenvalue weighted by Crippen LogP contribution is 2.26. The first-order valence-electron chi connectivity index (χ1n) is 10.0. The van der Waals surface area contributed by atoms with E-state index in [4.69, 9.17) is 4.42 Å². The first-order valence-corrected chi connectivity index (χ1v) is 10.0. The second-order valence-electron chi connectivity index (χ2n) is 7.37. The first kappa shape index (κ1) is 19.9. The van der Waals surface area contributed by atoms with Crippen molar-refractivity contribution in [2.24, 2.45) is 0 Å². The van der Waals surface area contributed by atoms with Gasteiger partial charge in [0.15, 0.2) is 5.76 Å². The number of hydrogen-bond acceptors (Lipinski definition) is 4. The molecule has 1 aliphatic rings. The molecule has 2 heterocycles. The standard InChI is InChI=1S/C24H24N2O4/c27-13-12-25(16-18-7-2-1-3-8-18)23(28)21-15-19-9-4-5-10-20(19)17-26(21)24(29)22-11-6-14-30-22/h1-11,14,21,27H,12-13,15-17H2. The number of fused-ring (bicyclic) bond motifs is 1. The van der Waals surface area contributed by atoms with E-state index < -0.39 is 6.04 Å². The van der Waals surface area contributed by atoms with Crippen LogP contribution < -0.4 is 0 Å². The number of nitrogens with zero attached hydrogens (tertiary/aromatic N) is 2. The molecule has 6 nitrogen and oxygen atoms in total. The summed E-state index contributed by atoms with van der Waals surface area (Å²) in [4.78, 5) is 29.9. The summed E-state index contributed by atoms with van der Waals surface area (Å²) in [6.07, 6.45) is 1.88. The van der Waals surface area contributed by atoms with Crippen molar-refractivity contribution in [1.82, 2.24) is 9.80 Å². The van der Waals surface area contributed by atoms with E-state index >= 15 is 0 Å². The van der Waals surface area contributed by atoms with E-state index in [1.165, 1.54) is 6.26 Å². The van der Waals surface area contributed by atoms with Crippen molar-refractivity contribution < 1.29 is 19.1 Å². The third-order valence-corrected chi connectivity index (χ3v) is 5.42. The molecule has 0 fully saturated rings. The minimum atomic E-state index is -0.659. The van der Waals surface area contributed by atoms with E-state index in [2.05, 4.69) is 0 Å². The number of amides is 2. The molecule has 0 spiro atoms. The Labute approximate surface area is 175 Å². The Bertz CT molecular complexity index is 1000. The molecule has 154 valence electrons. The van der Waals surface area contributed by atoms with Crippen molar-refractivity contribution >= 4 is 11.8 Å². The van der Waals surface area contributed by atoms with Crippen molar-refractivity contribution in [1.29, 1.82) is 0 Å². The van der Waals surface area contributed by atoms with E-state index in [0.29, 0.717) is 19.5 Å². The van der Waals surface area contributed by atoms with Crippen molar-refractivity contribution in [3.63, 3.8) is 0 Å². The number of aliphatic hydroxyl groups excluding tert-OH is 1. The molecule has 30 heavy (non-hydrogen) atoms. The van der Waals surface area contributed by atoms with Gasteiger partial charge in [-0.3, -0.25) is 9.59 Å². The molecular formula is C24H24N2O4. The van der Waals surface area contributed by atoms with Gasteiger partial charge in [-0.25, -0.2) is 0 Å². The van der Waals surface area contributed by atoms with Gasteiger partial charge in [0, 0.05) is 26.1 Å². The molecule has 1 unspecified atom stereocenters. The third kappa shape index (κ3) is 4.14. The van der Waals surface area contributed by atoms with Gasteiger partial charge >= 0.3 is 0 Å². The van der Waals surface area contributed by atoms with Gasteiger partial charge in [-0.1, -0.05) is 54.6 Å². The van der Waals surface area contributed by atoms with Gasteiger partial charge in [-0.05, 0) is 28.8 Å². The SMILES string of the molecule is O=C(C1Cc2ccccc2CN1C(=O)c1ccco1)N(CCO)Cc1ccccc1. The summed E-state index contributed by atoms with van der Waals surface area (Å²) in [5.74, 6) is -0.275. The predicted molar refractivity (Wildman–Crippen MR) is 111 cm³/mol. The van der Waals surface area contributed by atoms with Gasteiger partial charge in [0.1, 0.15) is 6.04 Å². The number of rotatable bonds is 6. The van der Waals surface area contributed by atoms with E-state index in [1.807, 2.05) is 54.6 Å². The molecular weight excluding hydrogens is 380 g/mol. The Morgan fingerprint density at radius 3 is 2.43 bits per heavy atom. The smallest absolute Gasteiger partial charge is 0.290 e. The Morgan fingerprint density at radius 2 is 1.73 bits per heavy atom. The topological polar surface area (TPSA) is 74.0 Å². The van der Waals surface area contributed by atoms with Crippen LogP contribution in [0.1, 0.15) is 27.2 Å². The fraction of sp³-hybridized carbons (Fsp3) is 0.250. The molecule has 0 aliphatic carbocycles. The van der Waals surface area contributed by atoms with Crippen LogP contribution in [0.4, 0.5) is 0 Å². The molecule has 0 saturated heterocycles. The molecule has 0 bridgehead atoms. The molecule has 0 radical (unpaired) electrons. The molecule has 2 amide bonds. The lowest BCUT2D eigenvalue weighted by Gasteiger charge is -2.38. The maximum absolute atomic E-state index is 13.6. The van der Waals surface area contributed by atoms with E-state index in [-0.39, 0.29) is 30.7 Å². The maximum Gasteiger partial charge on any atom is 0.290 e. The molecule has 4 rings (SSSR count). The molecule has 1 aliphatic heterocycles. The highest BCUT2D eigenvalue weighted by Gasteiger charge is 2.37. The third-order valence-electron chi connectivity index (χ3n) is 5.42. The molecule has 3 aromatic rings. The normalized spacial score (nSPS) is 15.5. The first-order chi connectivity index (χ1) is 14.7. The lowest BCUT2D eigenvalue weighted by molar-refractivity contribution is -0.137. The second-order valence-corrected chi connectivity index (χ2v) is 7.37. The summed E-state index contributed by atoms with van der Waals surface area (Å²) in [7, 11) is 0. The van der Waals surface area contributed by atoms with Gasteiger partial charge in [0.05, 0.1) is 12.9 Å². The van der Waals surface area contributed by atoms with Crippen LogP contribution in [0.2, 0.25) is 0 Å². The molecule has 2 aromatic carbocycles. The van der Waals surface area contributed by atoms with Crippen LogP contribution in [0.25, 0.3) is 0 Å². The number of aliphatic hydroxyl groups is 1. The van der Waals surface area contributed by atoms with Crippen LogP contribution in [0.5, 0.6) is 0 Å². The summed E-state index contributed by atoms with van der Waals surface area (Å²) in [6, 6.07) is 20.1. The average Bonchev–Trinajstić information content (AvgIpc) is 3.33. The minimum Gasteiger partial charge on any atom is -0.459 e. The average molecular weight is 404 g/mol. The highest BCUT2D eigenvalue weighted by atomic mass is 16.3. The largest absolute Gasteiger partial charge is 0.459 e. The van der Waals surface area contributed by atoms with Crippen molar-refractivity contribution in [2.75, 3.05) is 13.2 Å². The quantitative estimate of drug-likeness (QED) is 0.686. The van der Waals surface area contributed by atoms with Gasteiger partial charge < -0.3 is 19.3 Å². The van der Waals surface area contributed by atoms with Gasteiger partial charge in [-0.15, -0.1) is 0 Å². The van der Waals surface area contributed by atoms with E-state index in [1.54, 1.807) is 21.9 Å². The monoisotopic (exact) mass is 404 g/mol. The Morgan fingerprint density at radius 1 is 1.00 bits per heavy atom. The Kier molecular flexibility index (Phi) is 5.95. The maximum atomic E-state index is 13.6. The summed E-state index contributed by atoms with van der Waals surface area (Å²) in [6.45, 7) is 0.772. The fourth-order valence-electron chi connectivity index (χ4n) is 3.90. The molecule has 6 heteroatoms. The summed E-state index contributed by atoms with van der Waals surface area (Å²) in [5, 5.41) is 9.56. The number of furan rings is 1. The molecule has 0 saturated carbocycles. The second kappa shape index (κ2) is 8.97. The van der Waals surface area contributed by atoms with E-state index in [0.717, 1.165) is 16.7 Å². The van der Waals surface area contributed by atoms with E-state index in [9.17, 15) is 14.7 Å². The van der Waals surface area contributed by atoms with Gasteiger partial charge in [-0.2, -0.15) is 0 Å². The van der Waals surface area contributed by atoms with Crippen LogP contribution in [0.3, 0.4) is 0 Å². The van der Waals surface area contributed by atoms with Gasteiger partial charge in [0.2, 0.25) is 5.91 Å². The fourth-order valence-corrected chi connectivity index (χ4v) is 3.90. The summed E-state index contributed by atoms with van der Waals surface area (Å²) in [5.41, 5.74) is 3.06. The number of hydrogen-bond donors (Lipinski definition) is 1. The molecule has 1 aromatic heterocycles. The van der Waals surface area contributed by atoms with Crippen LogP contribution in [-0.2, 0) is 24.3 Å². The zero-order valence-electron chi connectivity index (χ0n) is 16.6. The zero-order valence-corrected chi connectivity index (χ0v) is 16.6. The lowest BCUT2D eigenvalue weighted by atomic mass is 9.92.